The number of pyridine rings is 1. The Morgan fingerprint density at radius 1 is 1.55 bits per heavy atom. The predicted molar refractivity (Wildman–Crippen MR) is 75.3 cm³/mol. The number of amides is 1. The number of nitrogens with zero attached hydrogens (tertiary/aromatic N) is 2. The third kappa shape index (κ3) is 4.16. The maximum Gasteiger partial charge on any atom is 0.288 e. The van der Waals surface area contributed by atoms with Crippen LogP contribution in [0.15, 0.2) is 12.3 Å². The van der Waals surface area contributed by atoms with Crippen molar-refractivity contribution >= 4 is 17.4 Å². The summed E-state index contributed by atoms with van der Waals surface area (Å²) < 4.78 is 0. The molecule has 0 saturated carbocycles. The van der Waals surface area contributed by atoms with Crippen molar-refractivity contribution in [2.45, 2.75) is 26.3 Å². The molecule has 1 aromatic heterocycles. The average molecular weight is 281 g/mol. The first-order valence-corrected chi connectivity index (χ1v) is 6.26. The summed E-state index contributed by atoms with van der Waals surface area (Å²) in [5, 5.41) is 13.7. The highest BCUT2D eigenvalue weighted by atomic mass is 16.6. The molecule has 0 spiro atoms. The summed E-state index contributed by atoms with van der Waals surface area (Å²) in [5.74, 6) is -0.144. The normalized spacial score (nSPS) is 12.2. The molecule has 0 radical (unpaired) electrons. The van der Waals surface area contributed by atoms with Gasteiger partial charge in [0.1, 0.15) is 12.0 Å². The number of carbonyl (C=O) groups is 1. The minimum Gasteiger partial charge on any atom is -0.365 e. The van der Waals surface area contributed by atoms with Gasteiger partial charge in [0.15, 0.2) is 0 Å². The zero-order chi connectivity index (χ0) is 15.3. The summed E-state index contributed by atoms with van der Waals surface area (Å²) >= 11 is 0. The molecule has 0 saturated heterocycles. The van der Waals surface area contributed by atoms with E-state index in [1.165, 1.54) is 0 Å². The van der Waals surface area contributed by atoms with Crippen molar-refractivity contribution in [1.82, 2.24) is 4.98 Å². The Balaban J connectivity index is 3.04. The Bertz CT molecular complexity index is 504. The van der Waals surface area contributed by atoms with E-state index >= 15 is 0 Å². The van der Waals surface area contributed by atoms with Crippen molar-refractivity contribution < 1.29 is 9.72 Å². The molecule has 1 rings (SSSR count). The quantitative estimate of drug-likeness (QED) is 0.501. The molecule has 1 amide bonds. The number of primary amides is 1. The minimum atomic E-state index is -0.774. The first kappa shape index (κ1) is 15.8. The first-order chi connectivity index (χ1) is 9.35. The molecule has 0 aliphatic carbocycles. The van der Waals surface area contributed by atoms with Crippen LogP contribution in [0.3, 0.4) is 0 Å². The van der Waals surface area contributed by atoms with Crippen molar-refractivity contribution in [3.63, 3.8) is 0 Å². The number of aromatic nitrogens is 1. The maximum absolute atomic E-state index is 11.4. The molecule has 1 heterocycles. The standard InChI is InChI=1S/C12H19N5O3/c1-7(2)3-8(5-13)16-12-10(11(14)18)4-9(6-15-12)17(19)20/h4,6-8H,3,5,13H2,1-2H3,(H2,14,18)(H,15,16). The minimum absolute atomic E-state index is 0.0126. The number of nitro groups is 1. The van der Waals surface area contributed by atoms with Gasteiger partial charge in [-0.05, 0) is 12.3 Å². The molecule has 0 bridgehead atoms. The van der Waals surface area contributed by atoms with Crippen molar-refractivity contribution in [3.05, 3.63) is 27.9 Å². The topological polar surface area (TPSA) is 137 Å². The van der Waals surface area contributed by atoms with Gasteiger partial charge in [-0.2, -0.15) is 0 Å². The molecule has 8 nitrogen and oxygen atoms in total. The summed E-state index contributed by atoms with van der Waals surface area (Å²) in [6.45, 7) is 4.44. The molecule has 0 aliphatic rings. The molecule has 1 aromatic rings. The van der Waals surface area contributed by atoms with Gasteiger partial charge in [0.2, 0.25) is 0 Å². The van der Waals surface area contributed by atoms with E-state index in [1.807, 2.05) is 13.8 Å². The van der Waals surface area contributed by atoms with Gasteiger partial charge in [-0.1, -0.05) is 13.8 Å². The van der Waals surface area contributed by atoms with Crippen LogP contribution in [-0.2, 0) is 0 Å². The van der Waals surface area contributed by atoms with E-state index in [0.29, 0.717) is 12.5 Å². The van der Waals surface area contributed by atoms with E-state index < -0.39 is 10.8 Å². The van der Waals surface area contributed by atoms with Gasteiger partial charge in [0.05, 0.1) is 10.5 Å². The van der Waals surface area contributed by atoms with E-state index in [4.69, 9.17) is 11.5 Å². The van der Waals surface area contributed by atoms with E-state index in [-0.39, 0.29) is 23.1 Å². The van der Waals surface area contributed by atoms with E-state index in [9.17, 15) is 14.9 Å². The predicted octanol–water partition coefficient (Wildman–Crippen LogP) is 0.874. The van der Waals surface area contributed by atoms with Gasteiger partial charge in [-0.25, -0.2) is 4.98 Å². The van der Waals surface area contributed by atoms with Crippen LogP contribution in [-0.4, -0.2) is 28.4 Å². The Kier molecular flexibility index (Phi) is 5.39. The highest BCUT2D eigenvalue weighted by Crippen LogP contribution is 2.20. The van der Waals surface area contributed by atoms with Crippen LogP contribution < -0.4 is 16.8 Å². The lowest BCUT2D eigenvalue weighted by Gasteiger charge is -2.20. The SMILES string of the molecule is CC(C)CC(CN)Nc1ncc([N+](=O)[O-])cc1C(N)=O. The van der Waals surface area contributed by atoms with Crippen LogP contribution in [0.25, 0.3) is 0 Å². The fourth-order valence-electron chi connectivity index (χ4n) is 1.83. The van der Waals surface area contributed by atoms with Gasteiger partial charge >= 0.3 is 0 Å². The van der Waals surface area contributed by atoms with Crippen LogP contribution in [0.5, 0.6) is 0 Å². The summed E-state index contributed by atoms with van der Waals surface area (Å²) in [6.07, 6.45) is 1.87. The summed E-state index contributed by atoms with van der Waals surface area (Å²) in [4.78, 5) is 25.3. The van der Waals surface area contributed by atoms with Crippen molar-refractivity contribution in [1.29, 1.82) is 0 Å². The van der Waals surface area contributed by atoms with Crippen molar-refractivity contribution in [2.24, 2.45) is 17.4 Å². The average Bonchev–Trinajstić information content (AvgIpc) is 2.37. The van der Waals surface area contributed by atoms with Gasteiger partial charge in [-0.15, -0.1) is 0 Å². The van der Waals surface area contributed by atoms with Crippen LogP contribution in [0.1, 0.15) is 30.6 Å². The number of carbonyl (C=O) groups excluding carboxylic acids is 1. The monoisotopic (exact) mass is 281 g/mol. The number of hydrogen-bond donors (Lipinski definition) is 3. The van der Waals surface area contributed by atoms with Crippen LogP contribution in [0, 0.1) is 16.0 Å². The lowest BCUT2D eigenvalue weighted by atomic mass is 10.0. The highest BCUT2D eigenvalue weighted by molar-refractivity contribution is 5.98. The van der Waals surface area contributed by atoms with E-state index in [1.54, 1.807) is 0 Å². The molecule has 0 aromatic carbocycles. The second-order valence-corrected chi connectivity index (χ2v) is 4.92. The lowest BCUT2D eigenvalue weighted by Crippen LogP contribution is -2.31. The van der Waals surface area contributed by atoms with Crippen LogP contribution in [0.4, 0.5) is 11.5 Å². The molecule has 1 atom stereocenters. The summed E-state index contributed by atoms with van der Waals surface area (Å²) in [7, 11) is 0. The zero-order valence-electron chi connectivity index (χ0n) is 11.5. The molecule has 8 heteroatoms. The Morgan fingerprint density at radius 2 is 2.20 bits per heavy atom. The molecule has 1 unspecified atom stereocenters. The first-order valence-electron chi connectivity index (χ1n) is 6.26. The fraction of sp³-hybridized carbons (Fsp3) is 0.500. The van der Waals surface area contributed by atoms with Crippen LogP contribution in [0.2, 0.25) is 0 Å². The van der Waals surface area contributed by atoms with Gasteiger partial charge in [-0.3, -0.25) is 14.9 Å². The second-order valence-electron chi connectivity index (χ2n) is 4.92. The highest BCUT2D eigenvalue weighted by Gasteiger charge is 2.18. The molecule has 5 N–H and O–H groups in total. The molecular formula is C12H19N5O3. The summed E-state index contributed by atoms with van der Waals surface area (Å²) in [6, 6.07) is 1.03. The number of anilines is 1. The summed E-state index contributed by atoms with van der Waals surface area (Å²) in [5.41, 5.74) is 10.6. The molecular weight excluding hydrogens is 262 g/mol. The Hall–Kier alpha value is -2.22. The fourth-order valence-corrected chi connectivity index (χ4v) is 1.83. The largest absolute Gasteiger partial charge is 0.365 e. The maximum atomic E-state index is 11.4. The molecule has 110 valence electrons. The number of hydrogen-bond acceptors (Lipinski definition) is 6. The van der Waals surface area contributed by atoms with Crippen molar-refractivity contribution in [3.8, 4) is 0 Å². The van der Waals surface area contributed by atoms with E-state index in [2.05, 4.69) is 10.3 Å². The lowest BCUT2D eigenvalue weighted by molar-refractivity contribution is -0.385. The zero-order valence-corrected chi connectivity index (χ0v) is 11.5. The smallest absolute Gasteiger partial charge is 0.288 e. The van der Waals surface area contributed by atoms with Crippen molar-refractivity contribution in [2.75, 3.05) is 11.9 Å². The van der Waals surface area contributed by atoms with Gasteiger partial charge < -0.3 is 16.8 Å². The molecule has 20 heavy (non-hydrogen) atoms. The third-order valence-electron chi connectivity index (χ3n) is 2.73. The van der Waals surface area contributed by atoms with Gasteiger partial charge in [0, 0.05) is 18.7 Å². The molecule has 0 fully saturated rings. The molecule has 0 aliphatic heterocycles. The number of nitrogens with one attached hydrogen (secondary N) is 1. The second kappa shape index (κ2) is 6.80. The number of nitrogens with two attached hydrogens (primary N) is 2. The Labute approximate surface area is 116 Å². The van der Waals surface area contributed by atoms with E-state index in [0.717, 1.165) is 18.7 Å². The number of rotatable bonds is 7. The third-order valence-corrected chi connectivity index (χ3v) is 2.73. The van der Waals surface area contributed by atoms with Crippen LogP contribution >= 0.6 is 0 Å². The van der Waals surface area contributed by atoms with Gasteiger partial charge in [0.25, 0.3) is 11.6 Å². The Morgan fingerprint density at radius 3 is 2.65 bits per heavy atom.